The zero-order valence-electron chi connectivity index (χ0n) is 15.2. The Hall–Kier alpha value is -2.16. The summed E-state index contributed by atoms with van der Waals surface area (Å²) in [6.07, 6.45) is 4.10. The standard InChI is InChI=1S/C19H23N7S/c1-2-6-21-16(3-1)19-22-15(13-27-19)12-25-8-4-14(5-9-25)18-24-23-17-11-20-7-10-26(17)18/h1-3,6,13-14,20H,4-5,7-12H2. The average molecular weight is 382 g/mol. The molecule has 2 aliphatic heterocycles. The molecule has 0 unspecified atom stereocenters. The summed E-state index contributed by atoms with van der Waals surface area (Å²) in [5.41, 5.74) is 2.10. The van der Waals surface area contributed by atoms with Crippen molar-refractivity contribution in [2.45, 2.75) is 38.4 Å². The number of hydrogen-bond acceptors (Lipinski definition) is 7. The van der Waals surface area contributed by atoms with E-state index in [0.29, 0.717) is 5.92 Å². The first-order valence-corrected chi connectivity index (χ1v) is 10.5. The average Bonchev–Trinajstić information content (AvgIpc) is 3.37. The molecule has 2 aliphatic rings. The van der Waals surface area contributed by atoms with E-state index in [4.69, 9.17) is 4.98 Å². The van der Waals surface area contributed by atoms with Crippen molar-refractivity contribution < 1.29 is 0 Å². The largest absolute Gasteiger partial charge is 0.312 e. The van der Waals surface area contributed by atoms with Crippen LogP contribution >= 0.6 is 11.3 Å². The van der Waals surface area contributed by atoms with Gasteiger partial charge in [0.15, 0.2) is 0 Å². The molecule has 0 saturated carbocycles. The molecule has 1 fully saturated rings. The second-order valence-corrected chi connectivity index (χ2v) is 8.07. The minimum absolute atomic E-state index is 0.528. The lowest BCUT2D eigenvalue weighted by Crippen LogP contribution is -2.34. The van der Waals surface area contributed by atoms with Crippen molar-refractivity contribution in [3.8, 4) is 10.7 Å². The summed E-state index contributed by atoms with van der Waals surface area (Å²) in [4.78, 5) is 11.7. The molecule has 0 aliphatic carbocycles. The highest BCUT2D eigenvalue weighted by molar-refractivity contribution is 7.13. The van der Waals surface area contributed by atoms with E-state index in [9.17, 15) is 0 Å². The summed E-state index contributed by atoms with van der Waals surface area (Å²) in [6, 6.07) is 5.96. The van der Waals surface area contributed by atoms with Crippen LogP contribution in [0, 0.1) is 0 Å². The van der Waals surface area contributed by atoms with Crippen molar-refractivity contribution in [2.24, 2.45) is 0 Å². The Bertz CT molecular complexity index is 896. The molecule has 3 aromatic heterocycles. The minimum Gasteiger partial charge on any atom is -0.312 e. The molecule has 3 aromatic rings. The van der Waals surface area contributed by atoms with Crippen LogP contribution in [0.15, 0.2) is 29.8 Å². The van der Waals surface area contributed by atoms with Gasteiger partial charge >= 0.3 is 0 Å². The molecule has 5 rings (SSSR count). The van der Waals surface area contributed by atoms with Crippen LogP contribution in [0.5, 0.6) is 0 Å². The second-order valence-electron chi connectivity index (χ2n) is 7.21. The maximum absolute atomic E-state index is 4.78. The van der Waals surface area contributed by atoms with Crippen LogP contribution in [0.3, 0.4) is 0 Å². The Kier molecular flexibility index (Phi) is 4.69. The van der Waals surface area contributed by atoms with Gasteiger partial charge in [-0.15, -0.1) is 21.5 Å². The molecule has 0 bridgehead atoms. The normalized spacial score (nSPS) is 18.5. The summed E-state index contributed by atoms with van der Waals surface area (Å²) in [7, 11) is 0. The van der Waals surface area contributed by atoms with Crippen LogP contribution in [0.4, 0.5) is 0 Å². The molecule has 1 saturated heterocycles. The van der Waals surface area contributed by atoms with Gasteiger partial charge in [-0.25, -0.2) is 4.98 Å². The van der Waals surface area contributed by atoms with Gasteiger partial charge in [0.25, 0.3) is 0 Å². The Morgan fingerprint density at radius 2 is 2.07 bits per heavy atom. The number of nitrogens with zero attached hydrogens (tertiary/aromatic N) is 6. The zero-order valence-corrected chi connectivity index (χ0v) is 16.0. The number of fused-ring (bicyclic) bond motifs is 1. The lowest BCUT2D eigenvalue weighted by molar-refractivity contribution is 0.198. The smallest absolute Gasteiger partial charge is 0.147 e. The molecule has 8 heteroatoms. The molecule has 1 N–H and O–H groups in total. The maximum Gasteiger partial charge on any atom is 0.147 e. The van der Waals surface area contributed by atoms with Crippen molar-refractivity contribution in [1.29, 1.82) is 0 Å². The summed E-state index contributed by atoms with van der Waals surface area (Å²) in [5, 5.41) is 15.4. The number of hydrogen-bond donors (Lipinski definition) is 1. The van der Waals surface area contributed by atoms with Gasteiger partial charge in [0.05, 0.1) is 17.9 Å². The van der Waals surface area contributed by atoms with Crippen LogP contribution in [0.25, 0.3) is 10.7 Å². The minimum atomic E-state index is 0.528. The van der Waals surface area contributed by atoms with Crippen LogP contribution in [-0.2, 0) is 19.6 Å². The zero-order chi connectivity index (χ0) is 18.1. The lowest BCUT2D eigenvalue weighted by Gasteiger charge is -2.31. The van der Waals surface area contributed by atoms with E-state index in [1.54, 1.807) is 11.3 Å². The first-order chi connectivity index (χ1) is 13.4. The number of piperidine rings is 1. The van der Waals surface area contributed by atoms with E-state index in [1.807, 2.05) is 24.4 Å². The fourth-order valence-corrected chi connectivity index (χ4v) is 4.77. The summed E-state index contributed by atoms with van der Waals surface area (Å²) in [5.74, 6) is 2.81. The SMILES string of the molecule is c1ccc(-c2nc(CN3CCC(c4nnc5n4CCNC5)CC3)cs2)nc1. The number of pyridine rings is 1. The van der Waals surface area contributed by atoms with Crippen LogP contribution in [0.1, 0.15) is 36.1 Å². The molecule has 0 atom stereocenters. The molecule has 5 heterocycles. The van der Waals surface area contributed by atoms with Gasteiger partial charge in [0.1, 0.15) is 16.7 Å². The molecule has 0 radical (unpaired) electrons. The fraction of sp³-hybridized carbons (Fsp3) is 0.474. The highest BCUT2D eigenvalue weighted by Crippen LogP contribution is 2.29. The predicted octanol–water partition coefficient (Wildman–Crippen LogP) is 2.28. The summed E-state index contributed by atoms with van der Waals surface area (Å²) in [6.45, 7) is 5.93. The van der Waals surface area contributed by atoms with Crippen LogP contribution < -0.4 is 5.32 Å². The third-order valence-electron chi connectivity index (χ3n) is 5.43. The van der Waals surface area contributed by atoms with Gasteiger partial charge in [-0.2, -0.15) is 0 Å². The van der Waals surface area contributed by atoms with Gasteiger partial charge in [-0.05, 0) is 38.1 Å². The Balaban J connectivity index is 1.20. The van der Waals surface area contributed by atoms with E-state index in [2.05, 4.69) is 35.3 Å². The number of thiazole rings is 1. The highest BCUT2D eigenvalue weighted by Gasteiger charge is 2.27. The van der Waals surface area contributed by atoms with Gasteiger partial charge in [0.2, 0.25) is 0 Å². The maximum atomic E-state index is 4.78. The summed E-state index contributed by atoms with van der Waals surface area (Å²) >= 11 is 1.68. The van der Waals surface area contributed by atoms with Gasteiger partial charge in [-0.1, -0.05) is 6.07 Å². The molecule has 0 aromatic carbocycles. The van der Waals surface area contributed by atoms with E-state index in [0.717, 1.165) is 74.3 Å². The third-order valence-corrected chi connectivity index (χ3v) is 6.34. The molecule has 0 amide bonds. The Labute approximate surface area is 162 Å². The van der Waals surface area contributed by atoms with E-state index >= 15 is 0 Å². The van der Waals surface area contributed by atoms with Crippen molar-refractivity contribution in [3.63, 3.8) is 0 Å². The third kappa shape index (κ3) is 3.52. The number of likely N-dealkylation sites (tertiary alicyclic amines) is 1. The molecular weight excluding hydrogens is 358 g/mol. The van der Waals surface area contributed by atoms with Crippen molar-refractivity contribution in [1.82, 2.24) is 34.9 Å². The number of nitrogens with one attached hydrogen (secondary N) is 1. The summed E-state index contributed by atoms with van der Waals surface area (Å²) < 4.78 is 2.33. The van der Waals surface area contributed by atoms with Crippen molar-refractivity contribution >= 4 is 11.3 Å². The van der Waals surface area contributed by atoms with E-state index < -0.39 is 0 Å². The molecule has 140 valence electrons. The van der Waals surface area contributed by atoms with Gasteiger partial charge in [0, 0.05) is 37.1 Å². The Morgan fingerprint density at radius 1 is 1.15 bits per heavy atom. The van der Waals surface area contributed by atoms with Crippen LogP contribution in [-0.4, -0.2) is 49.3 Å². The van der Waals surface area contributed by atoms with Crippen molar-refractivity contribution in [2.75, 3.05) is 19.6 Å². The van der Waals surface area contributed by atoms with E-state index in [1.165, 1.54) is 5.82 Å². The van der Waals surface area contributed by atoms with Gasteiger partial charge in [-0.3, -0.25) is 9.88 Å². The number of aromatic nitrogens is 5. The van der Waals surface area contributed by atoms with Gasteiger partial charge < -0.3 is 9.88 Å². The first-order valence-electron chi connectivity index (χ1n) is 9.57. The monoisotopic (exact) mass is 381 g/mol. The van der Waals surface area contributed by atoms with E-state index in [-0.39, 0.29) is 0 Å². The molecule has 7 nitrogen and oxygen atoms in total. The molecule has 0 spiro atoms. The van der Waals surface area contributed by atoms with Crippen LogP contribution in [0.2, 0.25) is 0 Å². The highest BCUT2D eigenvalue weighted by atomic mass is 32.1. The fourth-order valence-electron chi connectivity index (χ4n) is 3.98. The van der Waals surface area contributed by atoms with Crippen molar-refractivity contribution in [3.05, 3.63) is 47.1 Å². The molecule has 27 heavy (non-hydrogen) atoms. The first kappa shape index (κ1) is 17.0. The molecular formula is C19H23N7S. The lowest BCUT2D eigenvalue weighted by atomic mass is 9.95. The number of rotatable bonds is 4. The topological polar surface area (TPSA) is 71.8 Å². The second kappa shape index (κ2) is 7.46. The Morgan fingerprint density at radius 3 is 2.93 bits per heavy atom. The predicted molar refractivity (Wildman–Crippen MR) is 104 cm³/mol. The quantitative estimate of drug-likeness (QED) is 0.748.